The smallest absolute Gasteiger partial charge is 0.191 e. The monoisotopic (exact) mass is 505 g/mol. The summed E-state index contributed by atoms with van der Waals surface area (Å²) in [5.74, 6) is 3.31. The lowest BCUT2D eigenvalue weighted by Crippen LogP contribution is -2.47. The number of aryl methyl sites for hydroxylation is 1. The average Bonchev–Trinajstić information content (AvgIpc) is 3.29. The Balaban J connectivity index is 0.00000280. The molecule has 2 aliphatic rings. The molecule has 2 unspecified atom stereocenters. The first kappa shape index (κ1) is 23.3. The molecule has 2 aliphatic heterocycles. The standard InChI is InChI=1S/C19H35N7O.HI/c1-4-20-19(21-11-15(2)12-25-9-5-6-10-25)22-16-7-8-18-23-17(14-27-3)24-26(18)13-16;/h15-16H,4-14H2,1-3H3,(H2,20,21,22);1H. The van der Waals surface area contributed by atoms with Crippen LogP contribution in [0.2, 0.25) is 0 Å². The first-order valence-corrected chi connectivity index (χ1v) is 10.4. The van der Waals surface area contributed by atoms with Crippen LogP contribution >= 0.6 is 24.0 Å². The van der Waals surface area contributed by atoms with E-state index in [0.717, 1.165) is 56.6 Å². The van der Waals surface area contributed by atoms with Crippen molar-refractivity contribution in [3.05, 3.63) is 11.6 Å². The molecule has 0 bridgehead atoms. The van der Waals surface area contributed by atoms with Gasteiger partial charge >= 0.3 is 0 Å². The number of ether oxygens (including phenoxy) is 1. The van der Waals surface area contributed by atoms with Crippen LogP contribution in [0.15, 0.2) is 4.99 Å². The first-order valence-electron chi connectivity index (χ1n) is 10.4. The highest BCUT2D eigenvalue weighted by Gasteiger charge is 2.22. The molecule has 1 aromatic heterocycles. The third kappa shape index (κ3) is 6.84. The highest BCUT2D eigenvalue weighted by Crippen LogP contribution is 2.14. The molecule has 0 aliphatic carbocycles. The molecule has 0 radical (unpaired) electrons. The molecule has 28 heavy (non-hydrogen) atoms. The number of hydrogen-bond acceptors (Lipinski definition) is 5. The molecule has 0 spiro atoms. The highest BCUT2D eigenvalue weighted by atomic mass is 127. The number of aromatic nitrogens is 3. The first-order chi connectivity index (χ1) is 13.2. The summed E-state index contributed by atoms with van der Waals surface area (Å²) in [6, 6.07) is 0.321. The molecule has 0 aromatic carbocycles. The predicted molar refractivity (Wildman–Crippen MR) is 122 cm³/mol. The van der Waals surface area contributed by atoms with Gasteiger partial charge in [0.25, 0.3) is 0 Å². The lowest BCUT2D eigenvalue weighted by atomic mass is 10.1. The van der Waals surface area contributed by atoms with Gasteiger partial charge < -0.3 is 20.3 Å². The Kier molecular flexibility index (Phi) is 9.93. The molecule has 1 fully saturated rings. The fourth-order valence-electron chi connectivity index (χ4n) is 3.89. The van der Waals surface area contributed by atoms with Gasteiger partial charge in [0.1, 0.15) is 12.4 Å². The van der Waals surface area contributed by atoms with E-state index in [0.29, 0.717) is 18.6 Å². The largest absolute Gasteiger partial charge is 0.377 e. The van der Waals surface area contributed by atoms with Crippen molar-refractivity contribution in [2.24, 2.45) is 10.9 Å². The van der Waals surface area contributed by atoms with Gasteiger partial charge in [0.05, 0.1) is 6.54 Å². The van der Waals surface area contributed by atoms with Crippen molar-refractivity contribution in [3.8, 4) is 0 Å². The Morgan fingerprint density at radius 3 is 2.86 bits per heavy atom. The van der Waals surface area contributed by atoms with Gasteiger partial charge in [-0.1, -0.05) is 6.92 Å². The number of methoxy groups -OCH3 is 1. The van der Waals surface area contributed by atoms with Gasteiger partial charge in [-0.3, -0.25) is 4.99 Å². The van der Waals surface area contributed by atoms with Crippen LogP contribution in [0.25, 0.3) is 0 Å². The minimum Gasteiger partial charge on any atom is -0.377 e. The van der Waals surface area contributed by atoms with Crippen LogP contribution in [0.3, 0.4) is 0 Å². The van der Waals surface area contributed by atoms with Crippen molar-refractivity contribution in [3.63, 3.8) is 0 Å². The zero-order chi connectivity index (χ0) is 19.1. The number of guanidine groups is 1. The minimum atomic E-state index is 0. The lowest BCUT2D eigenvalue weighted by Gasteiger charge is -2.26. The number of nitrogens with zero attached hydrogens (tertiary/aromatic N) is 5. The van der Waals surface area contributed by atoms with Gasteiger partial charge in [0.2, 0.25) is 0 Å². The van der Waals surface area contributed by atoms with Crippen LogP contribution in [0.1, 0.15) is 44.8 Å². The van der Waals surface area contributed by atoms with Gasteiger partial charge in [-0.2, -0.15) is 5.10 Å². The van der Waals surface area contributed by atoms with Crippen molar-refractivity contribution < 1.29 is 4.74 Å². The lowest BCUT2D eigenvalue weighted by molar-refractivity contribution is 0.177. The van der Waals surface area contributed by atoms with Crippen molar-refractivity contribution in [2.45, 2.75) is 58.7 Å². The number of hydrogen-bond donors (Lipinski definition) is 2. The molecule has 2 atom stereocenters. The van der Waals surface area contributed by atoms with Gasteiger partial charge in [-0.15, -0.1) is 24.0 Å². The molecule has 1 saturated heterocycles. The third-order valence-electron chi connectivity index (χ3n) is 5.19. The Hall–Kier alpha value is -0.940. The Bertz CT molecular complexity index is 615. The molecule has 160 valence electrons. The van der Waals surface area contributed by atoms with Gasteiger partial charge in [-0.05, 0) is 45.2 Å². The average molecular weight is 505 g/mol. The SMILES string of the molecule is CCNC(=NCC(C)CN1CCCC1)NC1CCc2nc(COC)nn2C1.I. The van der Waals surface area contributed by atoms with E-state index in [9.17, 15) is 0 Å². The molecule has 9 heteroatoms. The second kappa shape index (κ2) is 11.9. The van der Waals surface area contributed by atoms with Crippen molar-refractivity contribution in [2.75, 3.05) is 39.8 Å². The number of rotatable bonds is 8. The van der Waals surface area contributed by atoms with E-state index in [1.54, 1.807) is 7.11 Å². The van der Waals surface area contributed by atoms with E-state index < -0.39 is 0 Å². The van der Waals surface area contributed by atoms with Crippen molar-refractivity contribution >= 4 is 29.9 Å². The fraction of sp³-hybridized carbons (Fsp3) is 0.842. The molecular formula is C19H36IN7O. The summed E-state index contributed by atoms with van der Waals surface area (Å²) in [4.78, 5) is 12.0. The third-order valence-corrected chi connectivity index (χ3v) is 5.19. The Morgan fingerprint density at radius 2 is 2.14 bits per heavy atom. The van der Waals surface area contributed by atoms with Crippen molar-refractivity contribution in [1.82, 2.24) is 30.3 Å². The number of fused-ring (bicyclic) bond motifs is 1. The van der Waals surface area contributed by atoms with E-state index in [-0.39, 0.29) is 24.0 Å². The summed E-state index contributed by atoms with van der Waals surface area (Å²) in [6.07, 6.45) is 4.66. The van der Waals surface area contributed by atoms with Gasteiger partial charge in [-0.25, -0.2) is 9.67 Å². The summed E-state index contributed by atoms with van der Waals surface area (Å²) in [7, 11) is 1.67. The summed E-state index contributed by atoms with van der Waals surface area (Å²) < 4.78 is 7.15. The normalized spacial score (nSPS) is 21.1. The zero-order valence-electron chi connectivity index (χ0n) is 17.5. The topological polar surface area (TPSA) is 79.6 Å². The molecule has 1 aromatic rings. The van der Waals surface area contributed by atoms with Crippen LogP contribution < -0.4 is 10.6 Å². The summed E-state index contributed by atoms with van der Waals surface area (Å²) >= 11 is 0. The van der Waals surface area contributed by atoms with Crippen LogP contribution in [0.4, 0.5) is 0 Å². The Morgan fingerprint density at radius 1 is 1.36 bits per heavy atom. The second-order valence-electron chi connectivity index (χ2n) is 7.77. The number of halogens is 1. The van der Waals surface area contributed by atoms with E-state index in [2.05, 4.69) is 39.5 Å². The maximum atomic E-state index is 5.14. The van der Waals surface area contributed by atoms with Crippen LogP contribution in [-0.2, 0) is 24.3 Å². The van der Waals surface area contributed by atoms with E-state index >= 15 is 0 Å². The molecule has 3 rings (SSSR count). The molecule has 2 N–H and O–H groups in total. The maximum Gasteiger partial charge on any atom is 0.191 e. The molecule has 0 amide bonds. The van der Waals surface area contributed by atoms with Crippen molar-refractivity contribution in [1.29, 1.82) is 0 Å². The summed E-state index contributed by atoms with van der Waals surface area (Å²) in [5.41, 5.74) is 0. The second-order valence-corrected chi connectivity index (χ2v) is 7.77. The molecule has 0 saturated carbocycles. The predicted octanol–water partition coefficient (Wildman–Crippen LogP) is 1.64. The van der Waals surface area contributed by atoms with E-state index in [1.165, 1.54) is 25.9 Å². The maximum absolute atomic E-state index is 5.14. The number of nitrogens with one attached hydrogen (secondary N) is 2. The number of likely N-dealkylation sites (tertiary alicyclic amines) is 1. The fourth-order valence-corrected chi connectivity index (χ4v) is 3.89. The van der Waals surface area contributed by atoms with Crippen LogP contribution in [0, 0.1) is 5.92 Å². The summed E-state index contributed by atoms with van der Waals surface area (Å²) in [5, 5.41) is 11.5. The molecule has 8 nitrogen and oxygen atoms in total. The highest BCUT2D eigenvalue weighted by molar-refractivity contribution is 14.0. The summed E-state index contributed by atoms with van der Waals surface area (Å²) in [6.45, 7) is 11.1. The van der Waals surface area contributed by atoms with E-state index in [1.807, 2.05) is 4.68 Å². The Labute approximate surface area is 185 Å². The minimum absolute atomic E-state index is 0. The van der Waals surface area contributed by atoms with Gasteiger partial charge in [0, 0.05) is 39.2 Å². The molecule has 3 heterocycles. The zero-order valence-corrected chi connectivity index (χ0v) is 19.8. The molecular weight excluding hydrogens is 469 g/mol. The number of aliphatic imine (C=N–C) groups is 1. The van der Waals surface area contributed by atoms with Crippen LogP contribution in [0.5, 0.6) is 0 Å². The van der Waals surface area contributed by atoms with E-state index in [4.69, 9.17) is 9.73 Å². The van der Waals surface area contributed by atoms with Crippen LogP contribution in [-0.4, -0.2) is 71.5 Å². The quantitative estimate of drug-likeness (QED) is 0.318. The van der Waals surface area contributed by atoms with Gasteiger partial charge in [0.15, 0.2) is 11.8 Å².